The highest BCUT2D eigenvalue weighted by atomic mass is 16.5. The minimum atomic E-state index is -0.187. The van der Waals surface area contributed by atoms with Crippen molar-refractivity contribution in [2.45, 2.75) is 53.1 Å². The van der Waals surface area contributed by atoms with Crippen molar-refractivity contribution in [3.05, 3.63) is 0 Å². The number of rotatable bonds is 9. The zero-order chi connectivity index (χ0) is 14.1. The van der Waals surface area contributed by atoms with Crippen LogP contribution < -0.4 is 5.32 Å². The van der Waals surface area contributed by atoms with Gasteiger partial charge in [-0.3, -0.25) is 4.79 Å². The number of esters is 1. The summed E-state index contributed by atoms with van der Waals surface area (Å²) in [6.07, 6.45) is 0.797. The number of hydrogen-bond acceptors (Lipinski definition) is 4. The molecule has 0 amide bonds. The standard InChI is InChI=1S/C14H30N2O2/c1-7-15-13(14(17)18-6)8-9-16(12(4)5)10-11(2)3/h11-13,15H,7-10H2,1-6H3. The van der Waals surface area contributed by atoms with Gasteiger partial charge in [0.2, 0.25) is 0 Å². The van der Waals surface area contributed by atoms with Crippen molar-refractivity contribution >= 4 is 5.97 Å². The molecule has 0 aromatic rings. The van der Waals surface area contributed by atoms with Crippen molar-refractivity contribution < 1.29 is 9.53 Å². The second-order valence-corrected chi connectivity index (χ2v) is 5.40. The molecule has 0 fully saturated rings. The van der Waals surface area contributed by atoms with Crippen LogP contribution in [0.3, 0.4) is 0 Å². The lowest BCUT2D eigenvalue weighted by atomic mass is 10.1. The van der Waals surface area contributed by atoms with Gasteiger partial charge in [0, 0.05) is 19.1 Å². The van der Waals surface area contributed by atoms with Gasteiger partial charge >= 0.3 is 5.97 Å². The van der Waals surface area contributed by atoms with Gasteiger partial charge in [-0.05, 0) is 32.7 Å². The molecule has 0 rings (SSSR count). The summed E-state index contributed by atoms with van der Waals surface area (Å²) in [5.74, 6) is 0.480. The molecule has 18 heavy (non-hydrogen) atoms. The van der Waals surface area contributed by atoms with Crippen molar-refractivity contribution in [1.29, 1.82) is 0 Å². The fraction of sp³-hybridized carbons (Fsp3) is 0.929. The second kappa shape index (κ2) is 9.34. The molecule has 0 aliphatic rings. The first kappa shape index (κ1) is 17.4. The summed E-state index contributed by atoms with van der Waals surface area (Å²) >= 11 is 0. The van der Waals surface area contributed by atoms with Crippen LogP contribution in [0.1, 0.15) is 41.0 Å². The summed E-state index contributed by atoms with van der Waals surface area (Å²) in [7, 11) is 1.45. The molecule has 1 unspecified atom stereocenters. The fourth-order valence-corrected chi connectivity index (χ4v) is 2.02. The zero-order valence-electron chi connectivity index (χ0n) is 12.8. The van der Waals surface area contributed by atoms with Gasteiger partial charge < -0.3 is 15.0 Å². The highest BCUT2D eigenvalue weighted by Crippen LogP contribution is 2.07. The van der Waals surface area contributed by atoms with Crippen LogP contribution in [0.4, 0.5) is 0 Å². The smallest absolute Gasteiger partial charge is 0.322 e. The first-order chi connectivity index (χ1) is 8.42. The third kappa shape index (κ3) is 6.97. The number of carbonyl (C=O) groups is 1. The topological polar surface area (TPSA) is 41.6 Å². The summed E-state index contributed by atoms with van der Waals surface area (Å²) < 4.78 is 4.82. The van der Waals surface area contributed by atoms with Crippen LogP contribution in [-0.2, 0) is 9.53 Å². The van der Waals surface area contributed by atoms with E-state index in [9.17, 15) is 4.79 Å². The molecule has 4 heteroatoms. The number of carbonyl (C=O) groups excluding carboxylic acids is 1. The Labute approximate surface area is 112 Å². The molecule has 0 radical (unpaired) electrons. The lowest BCUT2D eigenvalue weighted by Gasteiger charge is -2.29. The van der Waals surface area contributed by atoms with Gasteiger partial charge in [-0.25, -0.2) is 0 Å². The lowest BCUT2D eigenvalue weighted by Crippen LogP contribution is -2.42. The average Bonchev–Trinajstić information content (AvgIpc) is 2.30. The predicted octanol–water partition coefficient (Wildman–Crippen LogP) is 1.89. The molecule has 1 atom stereocenters. The summed E-state index contributed by atoms with van der Waals surface area (Å²) in [5.41, 5.74) is 0. The van der Waals surface area contributed by atoms with Crippen molar-refractivity contribution in [2.75, 3.05) is 26.7 Å². The molecular formula is C14H30N2O2. The number of nitrogens with zero attached hydrogens (tertiary/aromatic N) is 1. The Kier molecular flexibility index (Phi) is 9.02. The first-order valence-corrected chi connectivity index (χ1v) is 6.97. The molecule has 0 saturated heterocycles. The van der Waals surface area contributed by atoms with Crippen molar-refractivity contribution in [3.63, 3.8) is 0 Å². The Bertz CT molecular complexity index is 230. The van der Waals surface area contributed by atoms with Gasteiger partial charge in [-0.2, -0.15) is 0 Å². The first-order valence-electron chi connectivity index (χ1n) is 6.97. The Morgan fingerprint density at radius 1 is 1.28 bits per heavy atom. The maximum absolute atomic E-state index is 11.6. The molecule has 0 aliphatic heterocycles. The van der Waals surface area contributed by atoms with E-state index in [1.165, 1.54) is 7.11 Å². The Morgan fingerprint density at radius 3 is 2.28 bits per heavy atom. The molecular weight excluding hydrogens is 228 g/mol. The molecule has 0 spiro atoms. The molecule has 0 aromatic carbocycles. The number of ether oxygens (including phenoxy) is 1. The zero-order valence-corrected chi connectivity index (χ0v) is 12.8. The molecule has 0 saturated carbocycles. The van der Waals surface area contributed by atoms with Crippen LogP contribution in [0.2, 0.25) is 0 Å². The summed E-state index contributed by atoms with van der Waals surface area (Å²) in [6, 6.07) is 0.320. The van der Waals surface area contributed by atoms with Crippen LogP contribution in [-0.4, -0.2) is 49.7 Å². The van der Waals surface area contributed by atoms with Gasteiger partial charge in [0.05, 0.1) is 7.11 Å². The van der Waals surface area contributed by atoms with Gasteiger partial charge in [0.1, 0.15) is 6.04 Å². The number of methoxy groups -OCH3 is 1. The Morgan fingerprint density at radius 2 is 1.89 bits per heavy atom. The van der Waals surface area contributed by atoms with E-state index >= 15 is 0 Å². The monoisotopic (exact) mass is 258 g/mol. The number of nitrogens with one attached hydrogen (secondary N) is 1. The van der Waals surface area contributed by atoms with Gasteiger partial charge in [-0.1, -0.05) is 20.8 Å². The summed E-state index contributed by atoms with van der Waals surface area (Å²) in [5, 5.41) is 3.18. The van der Waals surface area contributed by atoms with E-state index in [1.54, 1.807) is 0 Å². The molecule has 4 nitrogen and oxygen atoms in total. The average molecular weight is 258 g/mol. The molecule has 1 N–H and O–H groups in total. The largest absolute Gasteiger partial charge is 0.468 e. The lowest BCUT2D eigenvalue weighted by molar-refractivity contribution is -0.143. The third-order valence-corrected chi connectivity index (χ3v) is 2.97. The quantitative estimate of drug-likeness (QED) is 0.641. The van der Waals surface area contributed by atoms with Crippen LogP contribution in [0.15, 0.2) is 0 Å². The van der Waals surface area contributed by atoms with E-state index in [4.69, 9.17) is 4.74 Å². The predicted molar refractivity (Wildman–Crippen MR) is 75.6 cm³/mol. The molecule has 0 aliphatic carbocycles. The second-order valence-electron chi connectivity index (χ2n) is 5.40. The molecule has 0 bridgehead atoms. The maximum atomic E-state index is 11.6. The number of likely N-dealkylation sites (N-methyl/N-ethyl adjacent to an activating group) is 1. The van der Waals surface area contributed by atoms with Crippen molar-refractivity contribution in [3.8, 4) is 0 Å². The van der Waals surface area contributed by atoms with Crippen LogP contribution in [0, 0.1) is 5.92 Å². The minimum Gasteiger partial charge on any atom is -0.468 e. The highest BCUT2D eigenvalue weighted by Gasteiger charge is 2.20. The minimum absolute atomic E-state index is 0.162. The van der Waals surface area contributed by atoms with Crippen LogP contribution >= 0.6 is 0 Å². The highest BCUT2D eigenvalue weighted by molar-refractivity contribution is 5.75. The van der Waals surface area contributed by atoms with Crippen LogP contribution in [0.25, 0.3) is 0 Å². The van der Waals surface area contributed by atoms with E-state index in [0.717, 1.165) is 26.1 Å². The normalized spacial score (nSPS) is 13.4. The van der Waals surface area contributed by atoms with Crippen molar-refractivity contribution in [2.24, 2.45) is 5.92 Å². The molecule has 108 valence electrons. The molecule has 0 aromatic heterocycles. The van der Waals surface area contributed by atoms with E-state index < -0.39 is 0 Å². The van der Waals surface area contributed by atoms with E-state index in [1.807, 2.05) is 6.92 Å². The Hall–Kier alpha value is -0.610. The number of hydrogen-bond donors (Lipinski definition) is 1. The van der Waals surface area contributed by atoms with E-state index in [0.29, 0.717) is 12.0 Å². The van der Waals surface area contributed by atoms with Gasteiger partial charge in [0.15, 0.2) is 0 Å². The molecule has 0 heterocycles. The van der Waals surface area contributed by atoms with Crippen LogP contribution in [0.5, 0.6) is 0 Å². The summed E-state index contributed by atoms with van der Waals surface area (Å²) in [4.78, 5) is 14.0. The van der Waals surface area contributed by atoms with E-state index in [-0.39, 0.29) is 12.0 Å². The summed E-state index contributed by atoms with van der Waals surface area (Å²) in [6.45, 7) is 13.6. The van der Waals surface area contributed by atoms with Crippen molar-refractivity contribution in [1.82, 2.24) is 10.2 Å². The SMILES string of the molecule is CCNC(CCN(CC(C)C)C(C)C)C(=O)OC. The van der Waals surface area contributed by atoms with Gasteiger partial charge in [0.25, 0.3) is 0 Å². The Balaban J connectivity index is 4.31. The van der Waals surface area contributed by atoms with Gasteiger partial charge in [-0.15, -0.1) is 0 Å². The van der Waals surface area contributed by atoms with E-state index in [2.05, 4.69) is 37.9 Å². The third-order valence-electron chi connectivity index (χ3n) is 2.97. The fourth-order valence-electron chi connectivity index (χ4n) is 2.02. The maximum Gasteiger partial charge on any atom is 0.322 e.